The highest BCUT2D eigenvalue weighted by Gasteiger charge is 2.25. The number of aromatic nitrogens is 2. The van der Waals surface area contributed by atoms with Crippen LogP contribution in [0.5, 0.6) is 0 Å². The number of pyridine rings is 1. The maximum Gasteiger partial charge on any atom is 0.342 e. The predicted octanol–water partition coefficient (Wildman–Crippen LogP) is 6.06. The van der Waals surface area contributed by atoms with Crippen molar-refractivity contribution in [3.05, 3.63) is 108 Å². The highest BCUT2D eigenvalue weighted by Crippen LogP contribution is 2.33. The minimum atomic E-state index is -0.454. The molecule has 0 unspecified atom stereocenters. The summed E-state index contributed by atoms with van der Waals surface area (Å²) in [7, 11) is 0. The second kappa shape index (κ2) is 8.27. The van der Waals surface area contributed by atoms with Crippen molar-refractivity contribution in [3.8, 4) is 11.3 Å². The standard InChI is InChI=1S/C27H21FN2O2/c1-2-32-27(31)25-23(15-18-9-5-3-6-10-18)29-30-24(19-11-7-4-8-12-19)16-20-13-14-21(28)17-22(20)26(25)30/h3-14,16-17H,2,15H2,1H3. The van der Waals surface area contributed by atoms with E-state index in [-0.39, 0.29) is 12.4 Å². The van der Waals surface area contributed by atoms with Gasteiger partial charge in [0.25, 0.3) is 0 Å². The van der Waals surface area contributed by atoms with Crippen LogP contribution in [0.25, 0.3) is 27.5 Å². The molecule has 0 fully saturated rings. The van der Waals surface area contributed by atoms with Crippen molar-refractivity contribution in [2.45, 2.75) is 13.3 Å². The van der Waals surface area contributed by atoms with Crippen molar-refractivity contribution in [1.29, 1.82) is 0 Å². The Balaban J connectivity index is 1.88. The lowest BCUT2D eigenvalue weighted by atomic mass is 10.0. The zero-order valence-electron chi connectivity index (χ0n) is 17.6. The molecule has 0 saturated heterocycles. The van der Waals surface area contributed by atoms with Crippen LogP contribution in [0.15, 0.2) is 84.9 Å². The Morgan fingerprint density at radius 1 is 0.969 bits per heavy atom. The van der Waals surface area contributed by atoms with E-state index >= 15 is 0 Å². The van der Waals surface area contributed by atoms with Gasteiger partial charge in [-0.1, -0.05) is 66.7 Å². The van der Waals surface area contributed by atoms with Gasteiger partial charge in [0, 0.05) is 17.4 Å². The molecule has 0 N–H and O–H groups in total. The number of carbonyl (C=O) groups excluding carboxylic acids is 1. The Hall–Kier alpha value is -3.99. The molecule has 0 aliphatic carbocycles. The van der Waals surface area contributed by atoms with E-state index in [9.17, 15) is 9.18 Å². The molecule has 32 heavy (non-hydrogen) atoms. The molecule has 0 amide bonds. The number of esters is 1. The largest absolute Gasteiger partial charge is 0.462 e. The van der Waals surface area contributed by atoms with E-state index in [4.69, 9.17) is 9.84 Å². The quantitative estimate of drug-likeness (QED) is 0.322. The molecule has 4 nitrogen and oxygen atoms in total. The first-order valence-corrected chi connectivity index (χ1v) is 10.6. The number of hydrogen-bond donors (Lipinski definition) is 0. The van der Waals surface area contributed by atoms with Crippen molar-refractivity contribution >= 4 is 22.3 Å². The molecule has 0 aliphatic heterocycles. The van der Waals surface area contributed by atoms with Gasteiger partial charge in [0.2, 0.25) is 0 Å². The number of rotatable bonds is 5. The highest BCUT2D eigenvalue weighted by molar-refractivity contribution is 6.09. The smallest absolute Gasteiger partial charge is 0.342 e. The van der Waals surface area contributed by atoms with Crippen molar-refractivity contribution < 1.29 is 13.9 Å². The average Bonchev–Trinajstić information content (AvgIpc) is 3.19. The lowest BCUT2D eigenvalue weighted by Crippen LogP contribution is -2.08. The van der Waals surface area contributed by atoms with Gasteiger partial charge < -0.3 is 4.74 Å². The van der Waals surface area contributed by atoms with Crippen LogP contribution in [0.1, 0.15) is 28.5 Å². The number of carbonyl (C=O) groups is 1. The first-order chi connectivity index (χ1) is 15.7. The van der Waals surface area contributed by atoms with Gasteiger partial charge in [0.1, 0.15) is 11.4 Å². The normalized spacial score (nSPS) is 11.2. The van der Waals surface area contributed by atoms with E-state index in [0.29, 0.717) is 28.6 Å². The second-order valence-corrected chi connectivity index (χ2v) is 7.59. The molecule has 5 rings (SSSR count). The number of hydrogen-bond acceptors (Lipinski definition) is 3. The summed E-state index contributed by atoms with van der Waals surface area (Å²) < 4.78 is 21.4. The molecule has 0 spiro atoms. The molecule has 0 saturated carbocycles. The monoisotopic (exact) mass is 424 g/mol. The van der Waals surface area contributed by atoms with E-state index in [1.165, 1.54) is 12.1 Å². The summed E-state index contributed by atoms with van der Waals surface area (Å²) in [5, 5.41) is 6.31. The van der Waals surface area contributed by atoms with Gasteiger partial charge in [-0.25, -0.2) is 13.7 Å². The van der Waals surface area contributed by atoms with Crippen molar-refractivity contribution in [2.24, 2.45) is 0 Å². The molecule has 3 aromatic carbocycles. The van der Waals surface area contributed by atoms with E-state index in [1.807, 2.05) is 66.7 Å². The third-order valence-corrected chi connectivity index (χ3v) is 5.51. The Bertz CT molecular complexity index is 1430. The number of halogens is 1. The van der Waals surface area contributed by atoms with Crippen LogP contribution >= 0.6 is 0 Å². The van der Waals surface area contributed by atoms with Gasteiger partial charge in [-0.05, 0) is 36.1 Å². The predicted molar refractivity (Wildman–Crippen MR) is 123 cm³/mol. The van der Waals surface area contributed by atoms with E-state index < -0.39 is 5.97 Å². The molecule has 0 radical (unpaired) electrons. The molecule has 5 heteroatoms. The van der Waals surface area contributed by atoms with Crippen LogP contribution in [0.2, 0.25) is 0 Å². The third kappa shape index (κ3) is 3.52. The fourth-order valence-corrected chi connectivity index (χ4v) is 4.10. The zero-order chi connectivity index (χ0) is 22.1. The van der Waals surface area contributed by atoms with Gasteiger partial charge in [0.05, 0.1) is 23.5 Å². The van der Waals surface area contributed by atoms with Crippen LogP contribution in [-0.2, 0) is 11.2 Å². The molecular weight excluding hydrogens is 403 g/mol. The molecule has 0 atom stereocenters. The lowest BCUT2D eigenvalue weighted by Gasteiger charge is -2.10. The maximum atomic E-state index is 14.3. The second-order valence-electron chi connectivity index (χ2n) is 7.59. The molecule has 2 heterocycles. The molecule has 2 aromatic heterocycles. The number of nitrogens with zero attached hydrogens (tertiary/aromatic N) is 2. The Morgan fingerprint density at radius 3 is 2.41 bits per heavy atom. The lowest BCUT2D eigenvalue weighted by molar-refractivity contribution is 0.0527. The molecule has 5 aromatic rings. The van der Waals surface area contributed by atoms with Gasteiger partial charge in [-0.3, -0.25) is 0 Å². The first kappa shape index (κ1) is 19.9. The van der Waals surface area contributed by atoms with Crippen LogP contribution in [0, 0.1) is 5.82 Å². The van der Waals surface area contributed by atoms with Crippen LogP contribution in [0.3, 0.4) is 0 Å². The highest BCUT2D eigenvalue weighted by atomic mass is 19.1. The Labute approximate surface area is 184 Å². The molecule has 0 bridgehead atoms. The Morgan fingerprint density at radius 2 is 1.69 bits per heavy atom. The molecular formula is C27H21FN2O2. The van der Waals surface area contributed by atoms with Crippen molar-refractivity contribution in [1.82, 2.24) is 9.61 Å². The third-order valence-electron chi connectivity index (χ3n) is 5.51. The van der Waals surface area contributed by atoms with Crippen LogP contribution < -0.4 is 0 Å². The van der Waals surface area contributed by atoms with Gasteiger partial charge in [-0.2, -0.15) is 5.10 Å². The van der Waals surface area contributed by atoms with Gasteiger partial charge in [0.15, 0.2) is 0 Å². The summed E-state index contributed by atoms with van der Waals surface area (Å²) in [5.41, 5.74) is 4.34. The van der Waals surface area contributed by atoms with E-state index in [0.717, 1.165) is 22.2 Å². The number of benzene rings is 3. The average molecular weight is 424 g/mol. The van der Waals surface area contributed by atoms with E-state index in [2.05, 4.69) is 0 Å². The van der Waals surface area contributed by atoms with Crippen LogP contribution in [0.4, 0.5) is 4.39 Å². The minimum Gasteiger partial charge on any atom is -0.462 e. The molecule has 0 aliphatic rings. The first-order valence-electron chi connectivity index (χ1n) is 10.6. The summed E-state index contributed by atoms with van der Waals surface area (Å²) in [6.45, 7) is 2.01. The Kier molecular flexibility index (Phi) is 5.15. The van der Waals surface area contributed by atoms with Crippen molar-refractivity contribution in [2.75, 3.05) is 6.61 Å². The maximum absolute atomic E-state index is 14.3. The minimum absolute atomic E-state index is 0.242. The molecule has 158 valence electrons. The fourth-order valence-electron chi connectivity index (χ4n) is 4.10. The number of ether oxygens (including phenoxy) is 1. The summed E-state index contributed by atoms with van der Waals surface area (Å²) >= 11 is 0. The van der Waals surface area contributed by atoms with Gasteiger partial charge in [-0.15, -0.1) is 0 Å². The zero-order valence-corrected chi connectivity index (χ0v) is 17.6. The van der Waals surface area contributed by atoms with Crippen molar-refractivity contribution in [3.63, 3.8) is 0 Å². The van der Waals surface area contributed by atoms with Gasteiger partial charge >= 0.3 is 5.97 Å². The SMILES string of the molecule is CCOC(=O)c1c(Cc2ccccc2)nn2c(-c3ccccc3)cc3ccc(F)cc3c12. The number of fused-ring (bicyclic) bond motifs is 3. The summed E-state index contributed by atoms with van der Waals surface area (Å²) in [4.78, 5) is 13.1. The summed E-state index contributed by atoms with van der Waals surface area (Å²) in [6.07, 6.45) is 0.460. The van der Waals surface area contributed by atoms with E-state index in [1.54, 1.807) is 17.5 Å². The summed E-state index contributed by atoms with van der Waals surface area (Å²) in [6, 6.07) is 26.3. The fraction of sp³-hybridized carbons (Fsp3) is 0.111. The topological polar surface area (TPSA) is 43.6 Å². The van der Waals surface area contributed by atoms with Crippen LogP contribution in [-0.4, -0.2) is 22.2 Å². The summed E-state index contributed by atoms with van der Waals surface area (Å²) in [5.74, 6) is -0.823.